The maximum absolute atomic E-state index is 12.6. The van der Waals surface area contributed by atoms with Crippen LogP contribution in [0.1, 0.15) is 26.4 Å². The summed E-state index contributed by atoms with van der Waals surface area (Å²) in [6.07, 6.45) is 0. The molecule has 1 heterocycles. The van der Waals surface area contributed by atoms with Gasteiger partial charge in [0.1, 0.15) is 5.75 Å². The van der Waals surface area contributed by atoms with Crippen molar-refractivity contribution in [3.8, 4) is 17.0 Å². The first-order chi connectivity index (χ1) is 12.0. The van der Waals surface area contributed by atoms with Crippen molar-refractivity contribution >= 4 is 22.4 Å². The Bertz CT molecular complexity index is 914. The van der Waals surface area contributed by atoms with Gasteiger partial charge in [-0.2, -0.15) is 0 Å². The Morgan fingerprint density at radius 1 is 1.08 bits per heavy atom. The molecule has 0 saturated heterocycles. The molecule has 0 aliphatic heterocycles. The third kappa shape index (κ3) is 3.72. The summed E-state index contributed by atoms with van der Waals surface area (Å²) in [6, 6.07) is 13.6. The van der Waals surface area contributed by atoms with Crippen LogP contribution in [0.15, 0.2) is 42.5 Å². The predicted octanol–water partition coefficient (Wildman–Crippen LogP) is 5.00. The lowest BCUT2D eigenvalue weighted by atomic mass is 10.1. The van der Waals surface area contributed by atoms with E-state index in [0.29, 0.717) is 10.7 Å². The third-order valence-electron chi connectivity index (χ3n) is 4.02. The van der Waals surface area contributed by atoms with Gasteiger partial charge in [0.05, 0.1) is 12.8 Å². The SMILES string of the molecule is COc1ccc(-c2nc(NC(=O)c3cc(C)ccc3C)sc2C)cc1. The Morgan fingerprint density at radius 3 is 2.48 bits per heavy atom. The van der Waals surface area contributed by atoms with Gasteiger partial charge in [-0.15, -0.1) is 11.3 Å². The lowest BCUT2D eigenvalue weighted by Crippen LogP contribution is -2.13. The number of hydrogen-bond donors (Lipinski definition) is 1. The van der Waals surface area contributed by atoms with Crippen molar-refractivity contribution < 1.29 is 9.53 Å². The molecule has 0 fully saturated rings. The highest BCUT2D eigenvalue weighted by atomic mass is 32.1. The van der Waals surface area contributed by atoms with Crippen LogP contribution in [-0.2, 0) is 0 Å². The molecule has 1 N–H and O–H groups in total. The number of nitrogens with zero attached hydrogens (tertiary/aromatic N) is 1. The van der Waals surface area contributed by atoms with Gasteiger partial charge in [-0.05, 0) is 56.7 Å². The minimum Gasteiger partial charge on any atom is -0.497 e. The zero-order valence-electron chi connectivity index (χ0n) is 14.7. The van der Waals surface area contributed by atoms with Crippen LogP contribution >= 0.6 is 11.3 Å². The maximum Gasteiger partial charge on any atom is 0.257 e. The molecule has 3 rings (SSSR count). The highest BCUT2D eigenvalue weighted by molar-refractivity contribution is 7.16. The maximum atomic E-state index is 12.6. The Balaban J connectivity index is 1.84. The molecule has 2 aromatic carbocycles. The van der Waals surface area contributed by atoms with Crippen molar-refractivity contribution in [2.24, 2.45) is 0 Å². The molecule has 1 aromatic heterocycles. The number of aryl methyl sites for hydroxylation is 3. The highest BCUT2D eigenvalue weighted by Crippen LogP contribution is 2.31. The van der Waals surface area contributed by atoms with Gasteiger partial charge in [-0.3, -0.25) is 10.1 Å². The molecule has 3 aromatic rings. The molecule has 0 aliphatic rings. The molecule has 0 radical (unpaired) electrons. The summed E-state index contributed by atoms with van der Waals surface area (Å²) in [5.74, 6) is 0.677. The van der Waals surface area contributed by atoms with Gasteiger partial charge in [-0.1, -0.05) is 17.7 Å². The smallest absolute Gasteiger partial charge is 0.257 e. The molecule has 0 unspecified atom stereocenters. The second-order valence-electron chi connectivity index (χ2n) is 5.92. The van der Waals surface area contributed by atoms with Gasteiger partial charge in [-0.25, -0.2) is 4.98 Å². The number of carbonyl (C=O) groups excluding carboxylic acids is 1. The average Bonchev–Trinajstić information content (AvgIpc) is 2.97. The van der Waals surface area contributed by atoms with Gasteiger partial charge in [0.15, 0.2) is 5.13 Å². The van der Waals surface area contributed by atoms with Crippen LogP contribution in [0.2, 0.25) is 0 Å². The zero-order chi connectivity index (χ0) is 18.0. The van der Waals surface area contributed by atoms with E-state index in [1.54, 1.807) is 7.11 Å². The van der Waals surface area contributed by atoms with Crippen molar-refractivity contribution in [1.29, 1.82) is 0 Å². The van der Waals surface area contributed by atoms with Crippen LogP contribution in [0.3, 0.4) is 0 Å². The predicted molar refractivity (Wildman–Crippen MR) is 103 cm³/mol. The van der Waals surface area contributed by atoms with E-state index in [2.05, 4.69) is 10.3 Å². The number of hydrogen-bond acceptors (Lipinski definition) is 4. The number of amides is 1. The van der Waals surface area contributed by atoms with Gasteiger partial charge in [0.2, 0.25) is 0 Å². The number of anilines is 1. The normalized spacial score (nSPS) is 10.6. The fourth-order valence-electron chi connectivity index (χ4n) is 2.61. The quantitative estimate of drug-likeness (QED) is 0.719. The van der Waals surface area contributed by atoms with Crippen molar-refractivity contribution in [3.63, 3.8) is 0 Å². The van der Waals surface area contributed by atoms with Gasteiger partial charge in [0, 0.05) is 16.0 Å². The van der Waals surface area contributed by atoms with Crippen LogP contribution in [0.4, 0.5) is 5.13 Å². The van der Waals surface area contributed by atoms with E-state index >= 15 is 0 Å². The Hall–Kier alpha value is -2.66. The van der Waals surface area contributed by atoms with Gasteiger partial charge in [0.25, 0.3) is 5.91 Å². The van der Waals surface area contributed by atoms with Crippen LogP contribution in [0, 0.1) is 20.8 Å². The summed E-state index contributed by atoms with van der Waals surface area (Å²) >= 11 is 1.48. The first kappa shape index (κ1) is 17.2. The molecule has 0 saturated carbocycles. The molecule has 25 heavy (non-hydrogen) atoms. The third-order valence-corrected chi connectivity index (χ3v) is 4.90. The van der Waals surface area contributed by atoms with Gasteiger partial charge < -0.3 is 4.74 Å². The Kier molecular flexibility index (Phi) is 4.86. The van der Waals surface area contributed by atoms with Crippen molar-refractivity contribution in [3.05, 3.63) is 64.0 Å². The van der Waals surface area contributed by atoms with E-state index in [0.717, 1.165) is 33.0 Å². The van der Waals surface area contributed by atoms with E-state index in [1.165, 1.54) is 11.3 Å². The molecule has 4 nitrogen and oxygen atoms in total. The summed E-state index contributed by atoms with van der Waals surface area (Å²) in [5, 5.41) is 3.53. The number of thiazole rings is 1. The summed E-state index contributed by atoms with van der Waals surface area (Å²) in [5.41, 5.74) is 4.57. The van der Waals surface area contributed by atoms with E-state index in [1.807, 2.05) is 63.2 Å². The Labute approximate surface area is 151 Å². The molecular weight excluding hydrogens is 332 g/mol. The lowest BCUT2D eigenvalue weighted by Gasteiger charge is -2.06. The minimum atomic E-state index is -0.128. The monoisotopic (exact) mass is 352 g/mol. The lowest BCUT2D eigenvalue weighted by molar-refractivity contribution is 0.102. The fourth-order valence-corrected chi connectivity index (χ4v) is 3.44. The van der Waals surface area contributed by atoms with E-state index in [-0.39, 0.29) is 5.91 Å². The van der Waals surface area contributed by atoms with Crippen LogP contribution in [0.25, 0.3) is 11.3 Å². The van der Waals surface area contributed by atoms with Crippen LogP contribution < -0.4 is 10.1 Å². The number of benzene rings is 2. The fraction of sp³-hybridized carbons (Fsp3) is 0.200. The minimum absolute atomic E-state index is 0.128. The number of nitrogens with one attached hydrogen (secondary N) is 1. The number of methoxy groups -OCH3 is 1. The molecule has 0 aliphatic carbocycles. The molecule has 1 amide bonds. The van der Waals surface area contributed by atoms with Crippen molar-refractivity contribution in [1.82, 2.24) is 4.98 Å². The van der Waals surface area contributed by atoms with Crippen LogP contribution in [-0.4, -0.2) is 18.0 Å². The Morgan fingerprint density at radius 2 is 1.80 bits per heavy atom. The zero-order valence-corrected chi connectivity index (χ0v) is 15.5. The molecule has 5 heteroatoms. The molecule has 0 spiro atoms. The number of rotatable bonds is 4. The van der Waals surface area contributed by atoms with E-state index in [9.17, 15) is 4.79 Å². The highest BCUT2D eigenvalue weighted by Gasteiger charge is 2.14. The summed E-state index contributed by atoms with van der Waals surface area (Å²) in [7, 11) is 1.64. The van der Waals surface area contributed by atoms with Crippen molar-refractivity contribution in [2.75, 3.05) is 12.4 Å². The number of ether oxygens (including phenoxy) is 1. The number of carbonyl (C=O) groups is 1. The summed E-state index contributed by atoms with van der Waals surface area (Å²) in [6.45, 7) is 5.92. The topological polar surface area (TPSA) is 51.2 Å². The van der Waals surface area contributed by atoms with E-state index < -0.39 is 0 Å². The first-order valence-corrected chi connectivity index (χ1v) is 8.80. The van der Waals surface area contributed by atoms with Crippen molar-refractivity contribution in [2.45, 2.75) is 20.8 Å². The average molecular weight is 352 g/mol. The van der Waals surface area contributed by atoms with Gasteiger partial charge >= 0.3 is 0 Å². The van der Waals surface area contributed by atoms with E-state index in [4.69, 9.17) is 4.74 Å². The largest absolute Gasteiger partial charge is 0.497 e. The molecular formula is C20H20N2O2S. The second-order valence-corrected chi connectivity index (χ2v) is 7.13. The van der Waals surface area contributed by atoms with Crippen LogP contribution in [0.5, 0.6) is 5.75 Å². The summed E-state index contributed by atoms with van der Waals surface area (Å²) < 4.78 is 5.19. The number of aromatic nitrogens is 1. The molecule has 0 bridgehead atoms. The second kappa shape index (κ2) is 7.07. The molecule has 0 atom stereocenters. The summed E-state index contributed by atoms with van der Waals surface area (Å²) in [4.78, 5) is 18.2. The standard InChI is InChI=1S/C20H20N2O2S/c1-12-5-6-13(2)17(11-12)19(23)22-20-21-18(14(3)25-20)15-7-9-16(24-4)10-8-15/h5-11H,1-4H3,(H,21,22,23). The first-order valence-electron chi connectivity index (χ1n) is 7.98. The molecule has 128 valence electrons.